The third kappa shape index (κ3) is 3.12. The lowest BCUT2D eigenvalue weighted by Gasteiger charge is -2.10. The molecule has 2 rings (SSSR count). The quantitative estimate of drug-likeness (QED) is 0.596. The van der Waals surface area contributed by atoms with Crippen molar-refractivity contribution in [2.75, 3.05) is 18.5 Å². The van der Waals surface area contributed by atoms with Gasteiger partial charge in [0.25, 0.3) is 0 Å². The topological polar surface area (TPSA) is 64.4 Å². The number of anilines is 1. The molecule has 5 heteroatoms. The van der Waals surface area contributed by atoms with E-state index in [1.807, 2.05) is 6.92 Å². The molecule has 18 heavy (non-hydrogen) atoms. The summed E-state index contributed by atoms with van der Waals surface area (Å²) in [5, 5.41) is 14.2. The van der Waals surface area contributed by atoms with Crippen LogP contribution in [0.3, 0.4) is 0 Å². The van der Waals surface area contributed by atoms with Crippen LogP contribution in [0.2, 0.25) is 0 Å². The van der Waals surface area contributed by atoms with Gasteiger partial charge in [-0.15, -0.1) is 0 Å². The second kappa shape index (κ2) is 5.71. The van der Waals surface area contributed by atoms with E-state index in [4.69, 9.17) is 4.74 Å². The monoisotopic (exact) mass is 250 g/mol. The van der Waals surface area contributed by atoms with Gasteiger partial charge in [-0.25, -0.2) is 0 Å². The average Bonchev–Trinajstić information content (AvgIpc) is 3.17. The number of nitrogens with zero attached hydrogens (tertiary/aromatic N) is 1. The molecule has 0 unspecified atom stereocenters. The van der Waals surface area contributed by atoms with Crippen molar-refractivity contribution in [3.63, 3.8) is 0 Å². The molecule has 0 saturated heterocycles. The Morgan fingerprint density at radius 3 is 2.89 bits per heavy atom. The van der Waals surface area contributed by atoms with Crippen LogP contribution >= 0.6 is 0 Å². The van der Waals surface area contributed by atoms with E-state index in [1.165, 1.54) is 12.8 Å². The molecule has 5 nitrogen and oxygen atoms in total. The highest BCUT2D eigenvalue weighted by Gasteiger charge is 2.25. The lowest BCUT2D eigenvalue weighted by atomic mass is 10.2. The smallest absolute Gasteiger partial charge is 0.333 e. The Morgan fingerprint density at radius 2 is 2.28 bits per heavy atom. The second-order valence-electron chi connectivity index (χ2n) is 4.59. The summed E-state index contributed by atoms with van der Waals surface area (Å²) in [6.07, 6.45) is 3.26. The largest absolute Gasteiger partial charge is 0.486 e. The van der Waals surface area contributed by atoms with Crippen LogP contribution in [-0.4, -0.2) is 18.1 Å². The van der Waals surface area contributed by atoms with Crippen LogP contribution in [-0.2, 0) is 0 Å². The number of ether oxygens (including phenoxy) is 1. The predicted molar refractivity (Wildman–Crippen MR) is 70.1 cm³/mol. The van der Waals surface area contributed by atoms with Crippen LogP contribution in [0, 0.1) is 16.0 Å². The number of benzene rings is 1. The summed E-state index contributed by atoms with van der Waals surface area (Å²) in [6, 6.07) is 5.17. The van der Waals surface area contributed by atoms with E-state index < -0.39 is 0 Å². The normalized spacial score (nSPS) is 14.3. The van der Waals surface area contributed by atoms with Crippen molar-refractivity contribution < 1.29 is 9.66 Å². The van der Waals surface area contributed by atoms with Crippen LogP contribution < -0.4 is 10.1 Å². The van der Waals surface area contributed by atoms with E-state index in [0.29, 0.717) is 30.5 Å². The Morgan fingerprint density at radius 1 is 1.50 bits per heavy atom. The van der Waals surface area contributed by atoms with Crippen LogP contribution in [0.1, 0.15) is 26.2 Å². The molecule has 0 aliphatic heterocycles. The standard InChI is InChI=1S/C13H18N2O3/c1-2-8-14-11-4-3-5-12(13(11)15(16)17)18-9-10-6-7-10/h3-5,10,14H,2,6-9H2,1H3. The van der Waals surface area contributed by atoms with Crippen molar-refractivity contribution >= 4 is 11.4 Å². The molecule has 0 amide bonds. The minimum Gasteiger partial charge on any atom is -0.486 e. The molecule has 1 aromatic carbocycles. The van der Waals surface area contributed by atoms with Gasteiger partial charge in [-0.2, -0.15) is 0 Å². The summed E-state index contributed by atoms with van der Waals surface area (Å²) in [7, 11) is 0. The summed E-state index contributed by atoms with van der Waals surface area (Å²) in [5.41, 5.74) is 0.585. The Hall–Kier alpha value is -1.78. The maximum Gasteiger partial charge on any atom is 0.333 e. The van der Waals surface area contributed by atoms with Crippen LogP contribution in [0.5, 0.6) is 5.75 Å². The summed E-state index contributed by atoms with van der Waals surface area (Å²) >= 11 is 0. The third-order valence-corrected chi connectivity index (χ3v) is 2.92. The molecule has 98 valence electrons. The summed E-state index contributed by atoms with van der Waals surface area (Å²) in [4.78, 5) is 10.8. The maximum absolute atomic E-state index is 11.2. The fourth-order valence-electron chi connectivity index (χ4n) is 1.72. The minimum atomic E-state index is -0.375. The number of para-hydroxylation sites is 1. The molecular weight excluding hydrogens is 232 g/mol. The highest BCUT2D eigenvalue weighted by atomic mass is 16.6. The Balaban J connectivity index is 2.17. The zero-order chi connectivity index (χ0) is 13.0. The average molecular weight is 250 g/mol. The van der Waals surface area contributed by atoms with Crippen molar-refractivity contribution in [2.24, 2.45) is 5.92 Å². The predicted octanol–water partition coefficient (Wildman–Crippen LogP) is 3.21. The van der Waals surface area contributed by atoms with Crippen molar-refractivity contribution in [3.8, 4) is 5.75 Å². The van der Waals surface area contributed by atoms with Gasteiger partial charge in [0.15, 0.2) is 5.75 Å². The van der Waals surface area contributed by atoms with E-state index in [2.05, 4.69) is 5.32 Å². The fraction of sp³-hybridized carbons (Fsp3) is 0.538. The van der Waals surface area contributed by atoms with Gasteiger partial charge in [0.05, 0.1) is 11.5 Å². The molecule has 0 bridgehead atoms. The maximum atomic E-state index is 11.2. The second-order valence-corrected chi connectivity index (χ2v) is 4.59. The van der Waals surface area contributed by atoms with Crippen molar-refractivity contribution in [3.05, 3.63) is 28.3 Å². The number of hydrogen-bond acceptors (Lipinski definition) is 4. The third-order valence-electron chi connectivity index (χ3n) is 2.92. The summed E-state index contributed by atoms with van der Waals surface area (Å²) in [6.45, 7) is 3.32. The lowest BCUT2D eigenvalue weighted by Crippen LogP contribution is -2.06. The SMILES string of the molecule is CCCNc1cccc(OCC2CC2)c1[N+](=O)[O-]. The minimum absolute atomic E-state index is 0.0478. The van der Waals surface area contributed by atoms with Gasteiger partial charge in [-0.05, 0) is 37.3 Å². The number of hydrogen-bond donors (Lipinski definition) is 1. The van der Waals surface area contributed by atoms with E-state index in [1.54, 1.807) is 18.2 Å². The Kier molecular flexibility index (Phi) is 4.02. The van der Waals surface area contributed by atoms with Gasteiger partial charge in [0.2, 0.25) is 0 Å². The molecule has 1 N–H and O–H groups in total. The van der Waals surface area contributed by atoms with E-state index in [0.717, 1.165) is 6.42 Å². The first-order chi connectivity index (χ1) is 8.72. The zero-order valence-electron chi connectivity index (χ0n) is 10.5. The molecule has 1 aliphatic carbocycles. The van der Waals surface area contributed by atoms with E-state index >= 15 is 0 Å². The molecule has 0 aromatic heterocycles. The molecule has 1 aliphatic rings. The number of nitro benzene ring substituents is 1. The van der Waals surface area contributed by atoms with Gasteiger partial charge in [0.1, 0.15) is 5.69 Å². The molecule has 1 fully saturated rings. The lowest BCUT2D eigenvalue weighted by molar-refractivity contribution is -0.385. The number of nitrogens with one attached hydrogen (secondary N) is 1. The first-order valence-corrected chi connectivity index (χ1v) is 6.36. The highest BCUT2D eigenvalue weighted by Crippen LogP contribution is 2.36. The molecule has 1 saturated carbocycles. The van der Waals surface area contributed by atoms with Crippen LogP contribution in [0.25, 0.3) is 0 Å². The number of nitro groups is 1. The Bertz CT molecular complexity index is 430. The molecule has 0 atom stereocenters. The summed E-state index contributed by atoms with van der Waals surface area (Å²) in [5.74, 6) is 0.949. The van der Waals surface area contributed by atoms with E-state index in [-0.39, 0.29) is 10.6 Å². The first kappa shape index (κ1) is 12.7. The molecule has 1 aromatic rings. The molecular formula is C13H18N2O3. The summed E-state index contributed by atoms with van der Waals surface area (Å²) < 4.78 is 5.56. The number of rotatable bonds is 7. The van der Waals surface area contributed by atoms with Gasteiger partial charge in [-0.1, -0.05) is 13.0 Å². The first-order valence-electron chi connectivity index (χ1n) is 6.36. The van der Waals surface area contributed by atoms with Crippen molar-refractivity contribution in [1.29, 1.82) is 0 Å². The van der Waals surface area contributed by atoms with Crippen molar-refractivity contribution in [2.45, 2.75) is 26.2 Å². The molecule has 0 heterocycles. The van der Waals surface area contributed by atoms with Crippen molar-refractivity contribution in [1.82, 2.24) is 0 Å². The van der Waals surface area contributed by atoms with Gasteiger partial charge < -0.3 is 10.1 Å². The molecule has 0 spiro atoms. The zero-order valence-corrected chi connectivity index (χ0v) is 10.5. The van der Waals surface area contributed by atoms with Gasteiger partial charge in [-0.3, -0.25) is 10.1 Å². The highest BCUT2D eigenvalue weighted by molar-refractivity contribution is 5.68. The van der Waals surface area contributed by atoms with Gasteiger partial charge in [0, 0.05) is 6.54 Å². The van der Waals surface area contributed by atoms with Gasteiger partial charge >= 0.3 is 5.69 Å². The van der Waals surface area contributed by atoms with E-state index in [9.17, 15) is 10.1 Å². The molecule has 0 radical (unpaired) electrons. The van der Waals surface area contributed by atoms with Crippen LogP contribution in [0.4, 0.5) is 11.4 Å². The van der Waals surface area contributed by atoms with Crippen LogP contribution in [0.15, 0.2) is 18.2 Å². The fourth-order valence-corrected chi connectivity index (χ4v) is 1.72. The Labute approximate surface area is 106 Å².